The van der Waals surface area contributed by atoms with E-state index in [1.165, 1.54) is 12.1 Å². The molecule has 1 aliphatic carbocycles. The minimum absolute atomic E-state index is 0.0528. The van der Waals surface area contributed by atoms with Crippen LogP contribution in [0.2, 0.25) is 0 Å². The zero-order valence-electron chi connectivity index (χ0n) is 11.9. The minimum Gasteiger partial charge on any atom is -0.381 e. The van der Waals surface area contributed by atoms with Crippen molar-refractivity contribution in [1.29, 1.82) is 0 Å². The van der Waals surface area contributed by atoms with Crippen molar-refractivity contribution in [2.45, 2.75) is 39.3 Å². The third-order valence-electron chi connectivity index (χ3n) is 4.04. The molecule has 1 N–H and O–H groups in total. The highest BCUT2D eigenvalue weighted by Gasteiger charge is 2.49. The van der Waals surface area contributed by atoms with Crippen LogP contribution in [-0.4, -0.2) is 23.7 Å². The van der Waals surface area contributed by atoms with Crippen molar-refractivity contribution in [2.75, 3.05) is 11.9 Å². The Morgan fingerprint density at radius 1 is 1.55 bits per heavy atom. The number of hydrogen-bond donors (Lipinski definition) is 1. The highest BCUT2D eigenvalue weighted by Crippen LogP contribution is 2.45. The van der Waals surface area contributed by atoms with Crippen molar-refractivity contribution >= 4 is 27.3 Å². The molecule has 5 nitrogen and oxygen atoms in total. The van der Waals surface area contributed by atoms with Crippen LogP contribution in [0, 0.1) is 15.5 Å². The molecule has 0 heterocycles. The van der Waals surface area contributed by atoms with Gasteiger partial charge in [-0.1, -0.05) is 13.8 Å². The first-order valence-electron chi connectivity index (χ1n) is 6.68. The Morgan fingerprint density at radius 2 is 2.25 bits per heavy atom. The van der Waals surface area contributed by atoms with Crippen molar-refractivity contribution < 1.29 is 9.66 Å². The van der Waals surface area contributed by atoms with Crippen LogP contribution < -0.4 is 5.32 Å². The van der Waals surface area contributed by atoms with Crippen LogP contribution in [0.5, 0.6) is 0 Å². The molecule has 0 amide bonds. The van der Waals surface area contributed by atoms with Gasteiger partial charge in [0.1, 0.15) is 0 Å². The summed E-state index contributed by atoms with van der Waals surface area (Å²) in [7, 11) is 0. The predicted molar refractivity (Wildman–Crippen MR) is 82.0 cm³/mol. The Hall–Kier alpha value is -1.14. The second-order valence-corrected chi connectivity index (χ2v) is 6.47. The molecule has 1 aromatic rings. The standard InChI is InChI=1S/C14H19BrN2O3/c1-4-20-13-8-12(14(13,2)3)16-11-6-5-9(17(18)19)7-10(11)15/h5-7,12-13,16H,4,8H2,1-3H3. The van der Waals surface area contributed by atoms with Crippen LogP contribution in [-0.2, 0) is 4.74 Å². The Balaban J connectivity index is 2.07. The summed E-state index contributed by atoms with van der Waals surface area (Å²) in [6.45, 7) is 7.08. The molecule has 1 aromatic carbocycles. The van der Waals surface area contributed by atoms with Crippen molar-refractivity contribution in [3.05, 3.63) is 32.8 Å². The van der Waals surface area contributed by atoms with Gasteiger partial charge in [0.15, 0.2) is 0 Å². The van der Waals surface area contributed by atoms with Crippen molar-refractivity contribution in [3.8, 4) is 0 Å². The van der Waals surface area contributed by atoms with E-state index >= 15 is 0 Å². The molecule has 1 aliphatic rings. The Morgan fingerprint density at radius 3 is 2.75 bits per heavy atom. The smallest absolute Gasteiger partial charge is 0.270 e. The molecule has 0 saturated heterocycles. The molecule has 6 heteroatoms. The molecule has 2 atom stereocenters. The topological polar surface area (TPSA) is 64.4 Å². The lowest BCUT2D eigenvalue weighted by atomic mass is 9.64. The van der Waals surface area contributed by atoms with Gasteiger partial charge in [0, 0.05) is 40.4 Å². The number of nitro groups is 1. The SMILES string of the molecule is CCOC1CC(Nc2ccc([N+](=O)[O-])cc2Br)C1(C)C. The fourth-order valence-electron chi connectivity index (χ4n) is 2.54. The lowest BCUT2D eigenvalue weighted by molar-refractivity contribution is -0.384. The molecular formula is C14H19BrN2O3. The Labute approximate surface area is 127 Å². The van der Waals surface area contributed by atoms with Crippen LogP contribution in [0.3, 0.4) is 0 Å². The summed E-state index contributed by atoms with van der Waals surface area (Å²) < 4.78 is 6.41. The second kappa shape index (κ2) is 5.69. The molecule has 20 heavy (non-hydrogen) atoms. The quantitative estimate of drug-likeness (QED) is 0.649. The van der Waals surface area contributed by atoms with Crippen LogP contribution in [0.25, 0.3) is 0 Å². The summed E-state index contributed by atoms with van der Waals surface area (Å²) in [6, 6.07) is 5.08. The number of nitrogens with zero attached hydrogens (tertiary/aromatic N) is 1. The van der Waals surface area contributed by atoms with E-state index in [2.05, 4.69) is 35.1 Å². The van der Waals surface area contributed by atoms with Gasteiger partial charge >= 0.3 is 0 Å². The summed E-state index contributed by atoms with van der Waals surface area (Å²) in [6.07, 6.45) is 1.21. The number of ether oxygens (including phenoxy) is 1. The molecule has 2 rings (SSSR count). The van der Waals surface area contributed by atoms with Crippen LogP contribution in [0.15, 0.2) is 22.7 Å². The first-order valence-corrected chi connectivity index (χ1v) is 7.47. The van der Waals surface area contributed by atoms with Gasteiger partial charge in [0.05, 0.1) is 11.0 Å². The first-order chi connectivity index (χ1) is 9.36. The molecule has 0 aromatic heterocycles. The number of rotatable bonds is 5. The zero-order chi connectivity index (χ0) is 14.9. The van der Waals surface area contributed by atoms with Gasteiger partial charge in [-0.15, -0.1) is 0 Å². The molecule has 110 valence electrons. The maximum absolute atomic E-state index is 10.7. The van der Waals surface area contributed by atoms with E-state index in [0.717, 1.165) is 18.7 Å². The number of nitro benzene ring substituents is 1. The predicted octanol–water partition coefficient (Wildman–Crippen LogP) is 3.97. The molecule has 0 spiro atoms. The average Bonchev–Trinajstić information content (AvgIpc) is 2.39. The summed E-state index contributed by atoms with van der Waals surface area (Å²) in [5, 5.41) is 14.2. The highest BCUT2D eigenvalue weighted by molar-refractivity contribution is 9.10. The molecule has 0 bridgehead atoms. The van der Waals surface area contributed by atoms with E-state index in [0.29, 0.717) is 10.5 Å². The Kier molecular flexibility index (Phi) is 4.34. The molecule has 2 unspecified atom stereocenters. The van der Waals surface area contributed by atoms with Gasteiger partial charge < -0.3 is 10.1 Å². The van der Waals surface area contributed by atoms with E-state index in [-0.39, 0.29) is 17.2 Å². The number of nitrogens with one attached hydrogen (secondary N) is 1. The van der Waals surface area contributed by atoms with Crippen molar-refractivity contribution in [3.63, 3.8) is 0 Å². The van der Waals surface area contributed by atoms with Crippen LogP contribution in [0.1, 0.15) is 27.2 Å². The lowest BCUT2D eigenvalue weighted by Gasteiger charge is -2.52. The van der Waals surface area contributed by atoms with Gasteiger partial charge in [-0.2, -0.15) is 0 Å². The number of benzene rings is 1. The van der Waals surface area contributed by atoms with Gasteiger partial charge in [-0.05, 0) is 35.3 Å². The van der Waals surface area contributed by atoms with Crippen LogP contribution in [0.4, 0.5) is 11.4 Å². The molecular weight excluding hydrogens is 324 g/mol. The molecule has 0 radical (unpaired) electrons. The largest absolute Gasteiger partial charge is 0.381 e. The average molecular weight is 343 g/mol. The first kappa shape index (κ1) is 15.3. The van der Waals surface area contributed by atoms with Gasteiger partial charge in [0.25, 0.3) is 5.69 Å². The van der Waals surface area contributed by atoms with Crippen LogP contribution >= 0.6 is 15.9 Å². The van der Waals surface area contributed by atoms with E-state index in [1.807, 2.05) is 6.92 Å². The number of hydrogen-bond acceptors (Lipinski definition) is 4. The number of anilines is 1. The fraction of sp³-hybridized carbons (Fsp3) is 0.571. The summed E-state index contributed by atoms with van der Waals surface area (Å²) in [5.41, 5.74) is 1.02. The Bertz CT molecular complexity index is 519. The summed E-state index contributed by atoms with van der Waals surface area (Å²) in [4.78, 5) is 10.3. The summed E-state index contributed by atoms with van der Waals surface area (Å²) in [5.74, 6) is 0. The van der Waals surface area contributed by atoms with Gasteiger partial charge in [-0.25, -0.2) is 0 Å². The van der Waals surface area contributed by atoms with Gasteiger partial charge in [0.2, 0.25) is 0 Å². The normalized spacial score (nSPS) is 24.0. The van der Waals surface area contributed by atoms with E-state index < -0.39 is 4.92 Å². The molecule has 1 fully saturated rings. The number of non-ortho nitro benzene ring substituents is 1. The highest BCUT2D eigenvalue weighted by atomic mass is 79.9. The van der Waals surface area contributed by atoms with Crippen molar-refractivity contribution in [1.82, 2.24) is 0 Å². The van der Waals surface area contributed by atoms with E-state index in [1.54, 1.807) is 6.07 Å². The lowest BCUT2D eigenvalue weighted by Crippen LogP contribution is -2.58. The second-order valence-electron chi connectivity index (χ2n) is 5.62. The van der Waals surface area contributed by atoms with Gasteiger partial charge in [-0.3, -0.25) is 10.1 Å². The number of halogens is 1. The third-order valence-corrected chi connectivity index (χ3v) is 4.69. The summed E-state index contributed by atoms with van der Waals surface area (Å²) >= 11 is 3.38. The van der Waals surface area contributed by atoms with Crippen molar-refractivity contribution in [2.24, 2.45) is 5.41 Å². The molecule has 1 saturated carbocycles. The maximum atomic E-state index is 10.7. The minimum atomic E-state index is -0.396. The fourth-order valence-corrected chi connectivity index (χ4v) is 3.02. The molecule has 0 aliphatic heterocycles. The zero-order valence-corrected chi connectivity index (χ0v) is 13.4. The maximum Gasteiger partial charge on any atom is 0.270 e. The monoisotopic (exact) mass is 342 g/mol. The third kappa shape index (κ3) is 2.81. The van der Waals surface area contributed by atoms with E-state index in [9.17, 15) is 10.1 Å². The van der Waals surface area contributed by atoms with E-state index in [4.69, 9.17) is 4.74 Å².